The second-order valence-corrected chi connectivity index (χ2v) is 7.06. The summed E-state index contributed by atoms with van der Waals surface area (Å²) in [6.07, 6.45) is 5.24. The fourth-order valence-electron chi connectivity index (χ4n) is 2.67. The molecule has 0 aromatic heterocycles. The third-order valence-electron chi connectivity index (χ3n) is 4.10. The van der Waals surface area contributed by atoms with Gasteiger partial charge in [-0.15, -0.1) is 0 Å². The van der Waals surface area contributed by atoms with Crippen molar-refractivity contribution in [3.63, 3.8) is 0 Å². The summed E-state index contributed by atoms with van der Waals surface area (Å²) < 4.78 is 0. The van der Waals surface area contributed by atoms with Gasteiger partial charge in [-0.25, -0.2) is 0 Å². The standard InChI is InChI=1S/C17H29NO3/c1-5-9-13-12-15(20)18(16(13)21)11-8-6-7-10-14(19)17(2,3)4/h13H,5-12H2,1-4H3. The van der Waals surface area contributed by atoms with Crippen molar-refractivity contribution in [2.75, 3.05) is 6.54 Å². The van der Waals surface area contributed by atoms with Crippen LogP contribution in [0, 0.1) is 11.3 Å². The molecule has 0 aromatic carbocycles. The van der Waals surface area contributed by atoms with Crippen LogP contribution in [0.25, 0.3) is 0 Å². The van der Waals surface area contributed by atoms with E-state index in [2.05, 4.69) is 0 Å². The summed E-state index contributed by atoms with van der Waals surface area (Å²) >= 11 is 0. The number of imide groups is 1. The fraction of sp³-hybridized carbons (Fsp3) is 0.824. The fourth-order valence-corrected chi connectivity index (χ4v) is 2.67. The Morgan fingerprint density at radius 2 is 1.86 bits per heavy atom. The molecule has 0 aliphatic carbocycles. The van der Waals surface area contributed by atoms with E-state index in [1.54, 1.807) is 0 Å². The van der Waals surface area contributed by atoms with E-state index in [0.717, 1.165) is 32.1 Å². The Hall–Kier alpha value is -1.19. The van der Waals surface area contributed by atoms with Gasteiger partial charge in [-0.2, -0.15) is 0 Å². The maximum Gasteiger partial charge on any atom is 0.232 e. The van der Waals surface area contributed by atoms with Crippen LogP contribution in [0.15, 0.2) is 0 Å². The van der Waals surface area contributed by atoms with Crippen molar-refractivity contribution in [2.45, 2.75) is 72.6 Å². The van der Waals surface area contributed by atoms with Crippen molar-refractivity contribution in [1.82, 2.24) is 4.90 Å². The molecule has 1 saturated heterocycles. The molecule has 0 radical (unpaired) electrons. The SMILES string of the molecule is CCCC1CC(=O)N(CCCCCC(=O)C(C)(C)C)C1=O. The number of likely N-dealkylation sites (tertiary alicyclic amines) is 1. The molecule has 1 fully saturated rings. The molecule has 2 amide bonds. The van der Waals surface area contributed by atoms with Gasteiger partial charge in [-0.1, -0.05) is 40.5 Å². The minimum atomic E-state index is -0.270. The summed E-state index contributed by atoms with van der Waals surface area (Å²) in [6.45, 7) is 8.36. The lowest BCUT2D eigenvalue weighted by atomic mass is 9.88. The molecule has 4 nitrogen and oxygen atoms in total. The van der Waals surface area contributed by atoms with Crippen molar-refractivity contribution < 1.29 is 14.4 Å². The molecule has 21 heavy (non-hydrogen) atoms. The molecule has 1 aliphatic heterocycles. The molecule has 1 heterocycles. The van der Waals surface area contributed by atoms with Crippen LogP contribution in [0.2, 0.25) is 0 Å². The highest BCUT2D eigenvalue weighted by atomic mass is 16.2. The Labute approximate surface area is 128 Å². The first-order valence-electron chi connectivity index (χ1n) is 8.15. The van der Waals surface area contributed by atoms with E-state index >= 15 is 0 Å². The van der Waals surface area contributed by atoms with Gasteiger partial charge in [0.1, 0.15) is 5.78 Å². The van der Waals surface area contributed by atoms with Crippen LogP contribution >= 0.6 is 0 Å². The third-order valence-corrected chi connectivity index (χ3v) is 4.10. The zero-order valence-corrected chi connectivity index (χ0v) is 13.9. The Balaban J connectivity index is 2.26. The van der Waals surface area contributed by atoms with E-state index in [-0.39, 0.29) is 28.9 Å². The number of amides is 2. The monoisotopic (exact) mass is 295 g/mol. The maximum atomic E-state index is 12.1. The van der Waals surface area contributed by atoms with E-state index in [4.69, 9.17) is 0 Å². The average molecular weight is 295 g/mol. The number of Topliss-reactive ketones (excluding diaryl/α,β-unsaturated/α-hetero) is 1. The number of carbonyl (C=O) groups excluding carboxylic acids is 3. The van der Waals surface area contributed by atoms with Gasteiger partial charge in [0.15, 0.2) is 0 Å². The second-order valence-electron chi connectivity index (χ2n) is 7.06. The second kappa shape index (κ2) is 7.71. The van der Waals surface area contributed by atoms with Gasteiger partial charge >= 0.3 is 0 Å². The quantitative estimate of drug-likeness (QED) is 0.510. The number of nitrogens with zero attached hydrogens (tertiary/aromatic N) is 1. The molecule has 0 spiro atoms. The van der Waals surface area contributed by atoms with Crippen LogP contribution in [0.4, 0.5) is 0 Å². The molecule has 1 atom stereocenters. The number of carbonyl (C=O) groups is 3. The minimum Gasteiger partial charge on any atom is -0.299 e. The van der Waals surface area contributed by atoms with Crippen molar-refractivity contribution in [2.24, 2.45) is 11.3 Å². The van der Waals surface area contributed by atoms with Crippen molar-refractivity contribution in [3.05, 3.63) is 0 Å². The Morgan fingerprint density at radius 1 is 1.19 bits per heavy atom. The van der Waals surface area contributed by atoms with Crippen LogP contribution in [-0.4, -0.2) is 29.0 Å². The highest BCUT2D eigenvalue weighted by Crippen LogP contribution is 2.24. The summed E-state index contributed by atoms with van der Waals surface area (Å²) in [5, 5.41) is 0. The van der Waals surface area contributed by atoms with Crippen LogP contribution in [0.1, 0.15) is 72.6 Å². The largest absolute Gasteiger partial charge is 0.299 e. The predicted molar refractivity (Wildman–Crippen MR) is 82.7 cm³/mol. The summed E-state index contributed by atoms with van der Waals surface area (Å²) in [7, 11) is 0. The smallest absolute Gasteiger partial charge is 0.232 e. The minimum absolute atomic E-state index is 0.00705. The zero-order valence-electron chi connectivity index (χ0n) is 13.9. The van der Waals surface area contributed by atoms with E-state index in [0.29, 0.717) is 19.4 Å². The van der Waals surface area contributed by atoms with Crippen LogP contribution in [0.3, 0.4) is 0 Å². The molecule has 0 N–H and O–H groups in total. The molecule has 4 heteroatoms. The van der Waals surface area contributed by atoms with E-state index in [9.17, 15) is 14.4 Å². The van der Waals surface area contributed by atoms with Crippen LogP contribution in [0.5, 0.6) is 0 Å². The van der Waals surface area contributed by atoms with Gasteiger partial charge in [0.25, 0.3) is 0 Å². The summed E-state index contributed by atoms with van der Waals surface area (Å²) in [5.41, 5.74) is -0.270. The first kappa shape index (κ1) is 17.9. The van der Waals surface area contributed by atoms with Crippen molar-refractivity contribution >= 4 is 17.6 Å². The molecular formula is C17H29NO3. The Morgan fingerprint density at radius 3 is 2.43 bits per heavy atom. The number of unbranched alkanes of at least 4 members (excludes halogenated alkanes) is 2. The van der Waals surface area contributed by atoms with Gasteiger partial charge in [-0.3, -0.25) is 19.3 Å². The van der Waals surface area contributed by atoms with Gasteiger partial charge in [-0.05, 0) is 19.3 Å². The predicted octanol–water partition coefficient (Wildman–Crippen LogP) is 3.34. The number of rotatable bonds is 8. The summed E-state index contributed by atoms with van der Waals surface area (Å²) in [5.74, 6) is 0.167. The molecular weight excluding hydrogens is 266 g/mol. The first-order chi connectivity index (χ1) is 9.77. The topological polar surface area (TPSA) is 54.5 Å². The highest BCUT2D eigenvalue weighted by Gasteiger charge is 2.37. The van der Waals surface area contributed by atoms with Crippen molar-refractivity contribution in [3.8, 4) is 0 Å². The first-order valence-corrected chi connectivity index (χ1v) is 8.15. The molecule has 1 rings (SSSR count). The lowest BCUT2D eigenvalue weighted by molar-refractivity contribution is -0.139. The third kappa shape index (κ3) is 5.25. The normalized spacial score (nSPS) is 19.4. The molecule has 1 unspecified atom stereocenters. The summed E-state index contributed by atoms with van der Waals surface area (Å²) in [6, 6.07) is 0. The van der Waals surface area contributed by atoms with Crippen LogP contribution in [-0.2, 0) is 14.4 Å². The van der Waals surface area contributed by atoms with Gasteiger partial charge in [0.05, 0.1) is 0 Å². The number of hydrogen-bond donors (Lipinski definition) is 0. The Kier molecular flexibility index (Phi) is 6.56. The van der Waals surface area contributed by atoms with Crippen LogP contribution < -0.4 is 0 Å². The lowest BCUT2D eigenvalue weighted by Crippen LogP contribution is -2.31. The lowest BCUT2D eigenvalue weighted by Gasteiger charge is -2.17. The van der Waals surface area contributed by atoms with Crippen molar-refractivity contribution in [1.29, 1.82) is 0 Å². The number of ketones is 1. The molecule has 1 aliphatic rings. The maximum absolute atomic E-state index is 12.1. The zero-order chi connectivity index (χ0) is 16.0. The highest BCUT2D eigenvalue weighted by molar-refractivity contribution is 6.03. The van der Waals surface area contributed by atoms with Gasteiger partial charge < -0.3 is 0 Å². The summed E-state index contributed by atoms with van der Waals surface area (Å²) in [4.78, 5) is 37.1. The molecule has 120 valence electrons. The Bertz CT molecular complexity index is 395. The molecule has 0 bridgehead atoms. The van der Waals surface area contributed by atoms with Gasteiger partial charge in [0, 0.05) is 30.7 Å². The van der Waals surface area contributed by atoms with Gasteiger partial charge in [0.2, 0.25) is 11.8 Å². The van der Waals surface area contributed by atoms with E-state index in [1.807, 2.05) is 27.7 Å². The average Bonchev–Trinajstić information content (AvgIpc) is 2.64. The van der Waals surface area contributed by atoms with E-state index < -0.39 is 0 Å². The van der Waals surface area contributed by atoms with E-state index in [1.165, 1.54) is 4.90 Å². The molecule has 0 saturated carbocycles. The number of hydrogen-bond acceptors (Lipinski definition) is 3. The molecule has 0 aromatic rings.